The van der Waals surface area contributed by atoms with E-state index in [9.17, 15) is 14.4 Å². The average Bonchev–Trinajstić information content (AvgIpc) is 2.89. The molecular formula is C34H51N3O5. The Hall–Kier alpha value is -2.64. The number of nitrogens with zero attached hydrogens (tertiary/aromatic N) is 1. The second-order valence-electron chi connectivity index (χ2n) is 15.8. The van der Waals surface area contributed by atoms with E-state index in [0.29, 0.717) is 24.7 Å². The number of fused-ring (bicyclic) bond motifs is 6. The normalized spacial score (nSPS) is 44.7. The summed E-state index contributed by atoms with van der Waals surface area (Å²) in [5.74, 6) is 0.360. The van der Waals surface area contributed by atoms with E-state index in [1.54, 1.807) is 0 Å². The van der Waals surface area contributed by atoms with Crippen LogP contribution in [-0.2, 0) is 19.1 Å². The number of nitrogens with one attached hydrogen (secondary N) is 1. The first-order valence-electron chi connectivity index (χ1n) is 15.7. The van der Waals surface area contributed by atoms with Gasteiger partial charge < -0.3 is 15.2 Å². The lowest BCUT2D eigenvalue weighted by Crippen LogP contribution is -2.63. The van der Waals surface area contributed by atoms with Gasteiger partial charge in [0.1, 0.15) is 6.10 Å². The number of hydrogen-bond acceptors (Lipinski definition) is 6. The topological polar surface area (TPSA) is 120 Å². The molecule has 42 heavy (non-hydrogen) atoms. The molecule has 0 aliphatic heterocycles. The first-order valence-corrected chi connectivity index (χ1v) is 15.7. The van der Waals surface area contributed by atoms with Crippen molar-refractivity contribution in [3.05, 3.63) is 23.3 Å². The molecule has 232 valence electrons. The summed E-state index contributed by atoms with van der Waals surface area (Å²) in [7, 11) is 1.44. The first-order chi connectivity index (χ1) is 19.4. The number of ether oxygens (including phenoxy) is 2. The standard InChI is InChI=1S/C34H51N3O5/c1-20(38)42-26-13-14-32(6)23(29(26,2)3)12-15-34(8)24(32)11-10-21-22-18-30(4,27(39)41-9)19-25(36-37-28(35)40)31(22,5)16-17-33(21,34)7/h10-11,23-24,26H,12-19H2,1-9H3,(H3,35,37,40)/b36-25+/t23-,24-,26-,30+,31+,32+,33+,34-/m1/s1. The van der Waals surface area contributed by atoms with Crippen LogP contribution >= 0.6 is 0 Å². The van der Waals surface area contributed by atoms with Crippen LogP contribution in [0.1, 0.15) is 107 Å². The zero-order chi connectivity index (χ0) is 31.1. The second kappa shape index (κ2) is 9.68. The van der Waals surface area contributed by atoms with Gasteiger partial charge in [-0.3, -0.25) is 9.59 Å². The Morgan fingerprint density at radius 1 is 0.976 bits per heavy atom. The molecule has 8 heteroatoms. The molecule has 0 radical (unpaired) electrons. The molecule has 3 saturated carbocycles. The molecule has 0 unspecified atom stereocenters. The Kier molecular flexibility index (Phi) is 7.10. The number of primary amides is 1. The number of rotatable bonds is 3. The molecule has 3 N–H and O–H groups in total. The fourth-order valence-electron chi connectivity index (χ4n) is 10.7. The van der Waals surface area contributed by atoms with Crippen molar-refractivity contribution in [2.45, 2.75) is 113 Å². The second-order valence-corrected chi connectivity index (χ2v) is 15.8. The van der Waals surface area contributed by atoms with Crippen LogP contribution in [-0.4, -0.2) is 36.9 Å². The third-order valence-electron chi connectivity index (χ3n) is 13.3. The number of hydrogen-bond donors (Lipinski definition) is 2. The van der Waals surface area contributed by atoms with Crippen molar-refractivity contribution < 1.29 is 23.9 Å². The summed E-state index contributed by atoms with van der Waals surface area (Å²) >= 11 is 0. The third-order valence-corrected chi connectivity index (χ3v) is 13.3. The monoisotopic (exact) mass is 581 g/mol. The molecule has 5 aliphatic rings. The van der Waals surface area contributed by atoms with Crippen LogP contribution in [0.5, 0.6) is 0 Å². The van der Waals surface area contributed by atoms with Crippen molar-refractivity contribution in [3.63, 3.8) is 0 Å². The molecular weight excluding hydrogens is 530 g/mol. The van der Waals surface area contributed by atoms with Gasteiger partial charge in [0, 0.05) is 29.9 Å². The zero-order valence-corrected chi connectivity index (χ0v) is 27.1. The van der Waals surface area contributed by atoms with Gasteiger partial charge in [0.25, 0.3) is 0 Å². The third kappa shape index (κ3) is 4.13. The zero-order valence-electron chi connectivity index (χ0n) is 27.1. The van der Waals surface area contributed by atoms with E-state index < -0.39 is 11.4 Å². The number of carbonyl (C=O) groups is 3. The van der Waals surface area contributed by atoms with Crippen LogP contribution in [0.15, 0.2) is 28.4 Å². The van der Waals surface area contributed by atoms with Crippen LogP contribution in [0.2, 0.25) is 0 Å². The van der Waals surface area contributed by atoms with Gasteiger partial charge in [0.2, 0.25) is 0 Å². The fraction of sp³-hybridized carbons (Fsp3) is 0.765. The highest BCUT2D eigenvalue weighted by Gasteiger charge is 2.67. The summed E-state index contributed by atoms with van der Waals surface area (Å²) in [5, 5.41) is 4.51. The highest BCUT2D eigenvalue weighted by atomic mass is 16.5. The average molecular weight is 582 g/mol. The molecule has 5 aliphatic carbocycles. The van der Waals surface area contributed by atoms with E-state index in [1.165, 1.54) is 25.2 Å². The lowest BCUT2D eigenvalue weighted by atomic mass is 9.35. The summed E-state index contributed by atoms with van der Waals surface area (Å²) in [5.41, 5.74) is 9.94. The largest absolute Gasteiger partial charge is 0.469 e. The quantitative estimate of drug-likeness (QED) is 0.293. The van der Waals surface area contributed by atoms with Gasteiger partial charge in [0.05, 0.1) is 12.5 Å². The fourth-order valence-corrected chi connectivity index (χ4v) is 10.7. The van der Waals surface area contributed by atoms with Crippen molar-refractivity contribution >= 4 is 23.7 Å². The van der Waals surface area contributed by atoms with Crippen LogP contribution < -0.4 is 11.2 Å². The molecule has 0 aromatic rings. The molecule has 0 bridgehead atoms. The molecule has 8 nitrogen and oxygen atoms in total. The molecule has 0 aromatic heterocycles. The molecule has 0 aromatic carbocycles. The molecule has 0 spiro atoms. The van der Waals surface area contributed by atoms with Crippen LogP contribution in [0.3, 0.4) is 0 Å². The number of amides is 2. The number of carbonyl (C=O) groups excluding carboxylic acids is 3. The van der Waals surface area contributed by atoms with Crippen molar-refractivity contribution in [2.24, 2.45) is 55.2 Å². The lowest BCUT2D eigenvalue weighted by molar-refractivity contribution is -0.197. The van der Waals surface area contributed by atoms with Crippen LogP contribution in [0.25, 0.3) is 0 Å². The maximum Gasteiger partial charge on any atom is 0.332 e. The SMILES string of the molecule is COC(=O)[C@@]1(C)CC2=C3C=C[C@@H]4[C@@]5(C)CC[C@@H](OC(C)=O)C(C)(C)[C@H]5CC[C@@]4(C)[C@@]3(C)CC[C@]2(C)/C(=N/NC(N)=O)C1. The molecule has 8 atom stereocenters. The summed E-state index contributed by atoms with van der Waals surface area (Å²) < 4.78 is 11.2. The van der Waals surface area contributed by atoms with Crippen molar-refractivity contribution in [2.75, 3.05) is 7.11 Å². The van der Waals surface area contributed by atoms with Gasteiger partial charge in [-0.2, -0.15) is 5.10 Å². The lowest BCUT2D eigenvalue weighted by Gasteiger charge is -2.69. The summed E-state index contributed by atoms with van der Waals surface area (Å²) in [6.07, 6.45) is 11.8. The predicted octanol–water partition coefficient (Wildman–Crippen LogP) is 6.45. The summed E-state index contributed by atoms with van der Waals surface area (Å²) in [6, 6.07) is -0.712. The Balaban J connectivity index is 1.64. The van der Waals surface area contributed by atoms with Gasteiger partial charge in [-0.25, -0.2) is 10.2 Å². The maximum atomic E-state index is 13.2. The van der Waals surface area contributed by atoms with Gasteiger partial charge in [-0.05, 0) is 85.5 Å². The minimum Gasteiger partial charge on any atom is -0.469 e. The minimum atomic E-state index is -0.790. The number of urea groups is 1. The molecule has 0 heterocycles. The Morgan fingerprint density at radius 3 is 2.29 bits per heavy atom. The molecule has 5 rings (SSSR count). The number of hydrazone groups is 1. The van der Waals surface area contributed by atoms with E-state index >= 15 is 0 Å². The van der Waals surface area contributed by atoms with Gasteiger partial charge in [-0.15, -0.1) is 0 Å². The smallest absolute Gasteiger partial charge is 0.332 e. The minimum absolute atomic E-state index is 0.0168. The van der Waals surface area contributed by atoms with Crippen molar-refractivity contribution in [1.29, 1.82) is 0 Å². The van der Waals surface area contributed by atoms with Crippen molar-refractivity contribution in [1.82, 2.24) is 5.43 Å². The Morgan fingerprint density at radius 2 is 1.67 bits per heavy atom. The highest BCUT2D eigenvalue weighted by Crippen LogP contribution is 2.74. The number of methoxy groups -OCH3 is 1. The first kappa shape index (κ1) is 30.8. The van der Waals surface area contributed by atoms with E-state index in [1.807, 2.05) is 6.92 Å². The van der Waals surface area contributed by atoms with Gasteiger partial charge >= 0.3 is 18.0 Å². The maximum absolute atomic E-state index is 13.2. The predicted molar refractivity (Wildman–Crippen MR) is 162 cm³/mol. The number of allylic oxidation sites excluding steroid dienone is 4. The van der Waals surface area contributed by atoms with E-state index in [2.05, 4.69) is 64.2 Å². The number of nitrogens with two attached hydrogens (primary N) is 1. The van der Waals surface area contributed by atoms with E-state index in [-0.39, 0.29) is 45.1 Å². The van der Waals surface area contributed by atoms with E-state index in [0.717, 1.165) is 44.2 Å². The molecule has 2 amide bonds. The Bertz CT molecular complexity index is 1300. The summed E-state index contributed by atoms with van der Waals surface area (Å²) in [6.45, 7) is 17.7. The van der Waals surface area contributed by atoms with Crippen molar-refractivity contribution in [3.8, 4) is 0 Å². The number of esters is 2. The van der Waals surface area contributed by atoms with Crippen LogP contribution in [0.4, 0.5) is 4.79 Å². The van der Waals surface area contributed by atoms with E-state index in [4.69, 9.17) is 15.2 Å². The summed E-state index contributed by atoms with van der Waals surface area (Å²) in [4.78, 5) is 36.8. The van der Waals surface area contributed by atoms with Crippen LogP contribution in [0, 0.1) is 44.3 Å². The van der Waals surface area contributed by atoms with Gasteiger partial charge in [0.15, 0.2) is 0 Å². The molecule has 3 fully saturated rings. The molecule has 0 saturated heterocycles. The highest BCUT2D eigenvalue weighted by molar-refractivity contribution is 5.99. The van der Waals surface area contributed by atoms with Gasteiger partial charge in [-0.1, -0.05) is 59.3 Å². The Labute approximate surface area is 251 Å².